The van der Waals surface area contributed by atoms with Crippen LogP contribution in [0.2, 0.25) is 5.02 Å². The van der Waals surface area contributed by atoms with E-state index in [1.165, 1.54) is 18.4 Å². The van der Waals surface area contributed by atoms with E-state index >= 15 is 0 Å². The molecule has 2 aliphatic carbocycles. The normalized spacial score (nSPS) is 33.0. The summed E-state index contributed by atoms with van der Waals surface area (Å²) in [5.74, 6) is 1.32. The Kier molecular flexibility index (Phi) is 3.93. The maximum absolute atomic E-state index is 12.9. The number of carbonyl (C=O) groups excluding carboxylic acids is 1. The van der Waals surface area contributed by atoms with Crippen LogP contribution >= 0.6 is 24.0 Å². The number of anilines is 1. The van der Waals surface area contributed by atoms with Gasteiger partial charge in [0.15, 0.2) is 0 Å². The fourth-order valence-electron chi connectivity index (χ4n) is 4.46. The van der Waals surface area contributed by atoms with Crippen LogP contribution in [0, 0.1) is 17.8 Å². The lowest BCUT2D eigenvalue weighted by Gasteiger charge is -2.31. The number of nitrogens with two attached hydrogens (primary N) is 1. The summed E-state index contributed by atoms with van der Waals surface area (Å²) in [6, 6.07) is 5.91. The topological polar surface area (TPSA) is 46.3 Å². The van der Waals surface area contributed by atoms with Crippen LogP contribution in [0.25, 0.3) is 0 Å². The summed E-state index contributed by atoms with van der Waals surface area (Å²) in [6.07, 6.45) is 4.45. The van der Waals surface area contributed by atoms with Gasteiger partial charge < -0.3 is 10.6 Å². The molecule has 1 aromatic carbocycles. The summed E-state index contributed by atoms with van der Waals surface area (Å²) in [4.78, 5) is 14.8. The maximum atomic E-state index is 12.9. The number of nitrogens with zero attached hydrogens (tertiary/aromatic N) is 1. The second-order valence-electron chi connectivity index (χ2n) is 6.45. The van der Waals surface area contributed by atoms with Crippen molar-refractivity contribution in [2.45, 2.75) is 31.7 Å². The Morgan fingerprint density at radius 2 is 2.05 bits per heavy atom. The zero-order valence-corrected chi connectivity index (χ0v) is 13.4. The largest absolute Gasteiger partial charge is 0.327 e. The van der Waals surface area contributed by atoms with Crippen LogP contribution in [0.5, 0.6) is 0 Å². The first-order valence-electron chi connectivity index (χ1n) is 7.50. The molecule has 0 spiro atoms. The molecule has 5 heteroatoms. The minimum atomic E-state index is 0. The molecule has 2 bridgehead atoms. The quantitative estimate of drug-likeness (QED) is 0.862. The predicted molar refractivity (Wildman–Crippen MR) is 87.1 cm³/mol. The third kappa shape index (κ3) is 2.26. The third-order valence-electron chi connectivity index (χ3n) is 5.47. The summed E-state index contributed by atoms with van der Waals surface area (Å²) < 4.78 is 0. The molecule has 0 saturated heterocycles. The minimum Gasteiger partial charge on any atom is -0.327 e. The van der Waals surface area contributed by atoms with Crippen molar-refractivity contribution in [3.05, 3.63) is 28.8 Å². The van der Waals surface area contributed by atoms with Gasteiger partial charge in [-0.05, 0) is 55.2 Å². The fourth-order valence-corrected chi connectivity index (χ4v) is 4.63. The standard InChI is InChI=1S/C16H19ClN2O.ClH/c17-12-4-3-9-5-6-19(13(9)8-12)16(20)14-10-1-2-11(7-10)15(14)18;/h3-4,8,10-11,14-15H,1-2,5-7,18H2;1H. The number of benzene rings is 1. The van der Waals surface area contributed by atoms with E-state index in [2.05, 4.69) is 0 Å². The zero-order chi connectivity index (χ0) is 13.9. The van der Waals surface area contributed by atoms with Gasteiger partial charge in [0.25, 0.3) is 0 Å². The molecule has 2 saturated carbocycles. The van der Waals surface area contributed by atoms with Crippen molar-refractivity contribution >= 4 is 35.6 Å². The van der Waals surface area contributed by atoms with Crippen LogP contribution in [-0.2, 0) is 11.2 Å². The van der Waals surface area contributed by atoms with Crippen molar-refractivity contribution in [3.63, 3.8) is 0 Å². The number of fused-ring (bicyclic) bond motifs is 3. The molecule has 4 unspecified atom stereocenters. The van der Waals surface area contributed by atoms with Gasteiger partial charge in [0, 0.05) is 23.3 Å². The Hall–Kier alpha value is -0.770. The monoisotopic (exact) mass is 326 g/mol. The van der Waals surface area contributed by atoms with Gasteiger partial charge in [-0.3, -0.25) is 4.79 Å². The Morgan fingerprint density at radius 1 is 1.29 bits per heavy atom. The van der Waals surface area contributed by atoms with Gasteiger partial charge in [-0.2, -0.15) is 0 Å². The van der Waals surface area contributed by atoms with E-state index in [9.17, 15) is 4.79 Å². The highest BCUT2D eigenvalue weighted by atomic mass is 35.5. The van der Waals surface area contributed by atoms with Crippen LogP contribution in [0.4, 0.5) is 5.69 Å². The van der Waals surface area contributed by atoms with Crippen molar-refractivity contribution in [1.82, 2.24) is 0 Å². The van der Waals surface area contributed by atoms with Crippen molar-refractivity contribution in [2.75, 3.05) is 11.4 Å². The predicted octanol–water partition coefficient (Wildman–Crippen LogP) is 3.02. The second-order valence-corrected chi connectivity index (χ2v) is 6.89. The molecule has 2 N–H and O–H groups in total. The first-order chi connectivity index (χ1) is 9.65. The van der Waals surface area contributed by atoms with E-state index < -0.39 is 0 Å². The van der Waals surface area contributed by atoms with Crippen molar-refractivity contribution < 1.29 is 4.79 Å². The third-order valence-corrected chi connectivity index (χ3v) is 5.71. The van der Waals surface area contributed by atoms with Crippen LogP contribution in [-0.4, -0.2) is 18.5 Å². The Bertz CT molecular complexity index is 575. The first kappa shape index (κ1) is 15.1. The number of carbonyl (C=O) groups is 1. The molecular formula is C16H20Cl2N2O. The molecule has 4 rings (SSSR count). The molecule has 114 valence electrons. The van der Waals surface area contributed by atoms with E-state index in [0.717, 1.165) is 25.1 Å². The van der Waals surface area contributed by atoms with Crippen molar-refractivity contribution in [3.8, 4) is 0 Å². The SMILES string of the molecule is Cl.NC1C2CCC(C2)C1C(=O)N1CCc2ccc(Cl)cc21. The number of hydrogen-bond donors (Lipinski definition) is 1. The molecule has 1 aromatic rings. The average Bonchev–Trinajstić information content (AvgIpc) is 3.10. The zero-order valence-electron chi connectivity index (χ0n) is 11.8. The molecule has 3 nitrogen and oxygen atoms in total. The number of hydrogen-bond acceptors (Lipinski definition) is 2. The molecule has 4 atom stereocenters. The smallest absolute Gasteiger partial charge is 0.231 e. The molecule has 1 heterocycles. The summed E-state index contributed by atoms with van der Waals surface area (Å²) in [5, 5.41) is 0.695. The van der Waals surface area contributed by atoms with E-state index in [0.29, 0.717) is 16.9 Å². The van der Waals surface area contributed by atoms with Crippen LogP contribution in [0.1, 0.15) is 24.8 Å². The minimum absolute atomic E-state index is 0. The summed E-state index contributed by atoms with van der Waals surface area (Å²) >= 11 is 6.08. The van der Waals surface area contributed by atoms with Crippen LogP contribution < -0.4 is 10.6 Å². The average molecular weight is 327 g/mol. The molecule has 1 amide bonds. The van der Waals surface area contributed by atoms with E-state index in [1.54, 1.807) is 0 Å². The highest BCUT2D eigenvalue weighted by Gasteiger charge is 2.50. The maximum Gasteiger partial charge on any atom is 0.231 e. The molecular weight excluding hydrogens is 307 g/mol. The fraction of sp³-hybridized carbons (Fsp3) is 0.562. The summed E-state index contributed by atoms with van der Waals surface area (Å²) in [7, 11) is 0. The number of halogens is 2. The first-order valence-corrected chi connectivity index (χ1v) is 7.88. The molecule has 21 heavy (non-hydrogen) atoms. The van der Waals surface area contributed by atoms with Crippen LogP contribution in [0.15, 0.2) is 18.2 Å². The van der Waals surface area contributed by atoms with Gasteiger partial charge in [0.2, 0.25) is 5.91 Å². The van der Waals surface area contributed by atoms with Crippen molar-refractivity contribution in [1.29, 1.82) is 0 Å². The van der Waals surface area contributed by atoms with E-state index in [1.807, 2.05) is 23.1 Å². The highest BCUT2D eigenvalue weighted by molar-refractivity contribution is 6.31. The van der Waals surface area contributed by atoms with Gasteiger partial charge >= 0.3 is 0 Å². The van der Waals surface area contributed by atoms with Crippen LogP contribution in [0.3, 0.4) is 0 Å². The molecule has 1 aliphatic heterocycles. The summed E-state index contributed by atoms with van der Waals surface area (Å²) in [5.41, 5.74) is 8.53. The highest BCUT2D eigenvalue weighted by Crippen LogP contribution is 2.49. The van der Waals surface area contributed by atoms with Gasteiger partial charge in [0.05, 0.1) is 5.92 Å². The van der Waals surface area contributed by atoms with Gasteiger partial charge in [-0.15, -0.1) is 12.4 Å². The number of rotatable bonds is 1. The number of amides is 1. The molecule has 0 radical (unpaired) electrons. The Balaban J connectivity index is 0.00000132. The summed E-state index contributed by atoms with van der Waals surface area (Å²) in [6.45, 7) is 0.773. The lowest BCUT2D eigenvalue weighted by atomic mass is 9.84. The van der Waals surface area contributed by atoms with E-state index in [4.69, 9.17) is 17.3 Å². The van der Waals surface area contributed by atoms with Gasteiger partial charge in [-0.25, -0.2) is 0 Å². The molecule has 0 aromatic heterocycles. The Labute approximate surface area is 136 Å². The Morgan fingerprint density at radius 3 is 2.76 bits per heavy atom. The molecule has 2 fully saturated rings. The van der Waals surface area contributed by atoms with Gasteiger partial charge in [0.1, 0.15) is 0 Å². The van der Waals surface area contributed by atoms with Crippen molar-refractivity contribution in [2.24, 2.45) is 23.5 Å². The lowest BCUT2D eigenvalue weighted by Crippen LogP contribution is -2.46. The lowest BCUT2D eigenvalue weighted by molar-refractivity contribution is -0.124. The van der Waals surface area contributed by atoms with E-state index in [-0.39, 0.29) is 30.3 Å². The molecule has 3 aliphatic rings. The van der Waals surface area contributed by atoms with Gasteiger partial charge in [-0.1, -0.05) is 17.7 Å². The second kappa shape index (κ2) is 5.45.